The molecule has 0 saturated heterocycles. The maximum Gasteiger partial charge on any atom is 0.416 e. The number of aromatic nitrogens is 4. The first-order chi connectivity index (χ1) is 15.7. The number of alkyl halides is 3. The molecule has 0 aliphatic carbocycles. The second-order valence-corrected chi connectivity index (χ2v) is 7.68. The van der Waals surface area contributed by atoms with Crippen molar-refractivity contribution in [3.8, 4) is 0 Å². The summed E-state index contributed by atoms with van der Waals surface area (Å²) in [7, 11) is 0. The van der Waals surface area contributed by atoms with Crippen LogP contribution in [0, 0.1) is 0 Å². The standard InChI is InChI=1S/C22H17ClF3N5O2/c23-17-6-4-14(5-7-17)12-30-13-28-19-18(21(30)33)11-29-31(19)9-8-27-20(32)15-2-1-3-16(10-15)22(24,25)26/h1-7,10-11,13H,8-9,12H2,(H,27,32). The van der Waals surface area contributed by atoms with E-state index in [0.29, 0.717) is 22.6 Å². The van der Waals surface area contributed by atoms with Crippen LogP contribution >= 0.6 is 11.6 Å². The maximum atomic E-state index is 12.8. The highest BCUT2D eigenvalue weighted by Gasteiger charge is 2.30. The van der Waals surface area contributed by atoms with Crippen LogP contribution in [0.4, 0.5) is 13.2 Å². The zero-order valence-corrected chi connectivity index (χ0v) is 17.8. The molecular formula is C22H17ClF3N5O2. The molecule has 0 atom stereocenters. The molecule has 0 spiro atoms. The number of nitrogens with one attached hydrogen (secondary N) is 1. The predicted octanol–water partition coefficient (Wildman–Crippen LogP) is 3.74. The third-order valence-corrected chi connectivity index (χ3v) is 5.20. The molecule has 0 saturated carbocycles. The minimum Gasteiger partial charge on any atom is -0.350 e. The summed E-state index contributed by atoms with van der Waals surface area (Å²) in [5, 5.41) is 7.62. The van der Waals surface area contributed by atoms with Crippen LogP contribution in [0.2, 0.25) is 5.02 Å². The lowest BCUT2D eigenvalue weighted by Crippen LogP contribution is -2.28. The summed E-state index contributed by atoms with van der Waals surface area (Å²) in [5.41, 5.74) is -0.0344. The number of fused-ring (bicyclic) bond motifs is 1. The summed E-state index contributed by atoms with van der Waals surface area (Å²) in [6.45, 7) is 0.584. The number of hydrogen-bond donors (Lipinski definition) is 1. The molecule has 0 aliphatic heterocycles. The highest BCUT2D eigenvalue weighted by atomic mass is 35.5. The summed E-state index contributed by atoms with van der Waals surface area (Å²) >= 11 is 5.88. The SMILES string of the molecule is O=C(NCCn1ncc2c(=O)n(Cc3ccc(Cl)cc3)cnc21)c1cccc(C(F)(F)F)c1. The van der Waals surface area contributed by atoms with Gasteiger partial charge in [0, 0.05) is 17.1 Å². The van der Waals surface area contributed by atoms with Gasteiger partial charge in [-0.2, -0.15) is 18.3 Å². The van der Waals surface area contributed by atoms with Crippen LogP contribution in [0.15, 0.2) is 65.8 Å². The van der Waals surface area contributed by atoms with Gasteiger partial charge in [0.2, 0.25) is 0 Å². The molecule has 1 amide bonds. The molecule has 2 aromatic heterocycles. The lowest BCUT2D eigenvalue weighted by molar-refractivity contribution is -0.137. The van der Waals surface area contributed by atoms with E-state index in [1.807, 2.05) is 12.1 Å². The smallest absolute Gasteiger partial charge is 0.350 e. The van der Waals surface area contributed by atoms with Crippen molar-refractivity contribution in [2.45, 2.75) is 19.3 Å². The van der Waals surface area contributed by atoms with Crippen LogP contribution in [0.5, 0.6) is 0 Å². The van der Waals surface area contributed by atoms with Gasteiger partial charge in [-0.15, -0.1) is 0 Å². The molecule has 0 unspecified atom stereocenters. The third kappa shape index (κ3) is 5.06. The topological polar surface area (TPSA) is 81.8 Å². The van der Waals surface area contributed by atoms with Gasteiger partial charge in [-0.1, -0.05) is 29.8 Å². The van der Waals surface area contributed by atoms with E-state index in [4.69, 9.17) is 11.6 Å². The summed E-state index contributed by atoms with van der Waals surface area (Å²) in [4.78, 5) is 29.3. The fourth-order valence-corrected chi connectivity index (χ4v) is 3.40. The van der Waals surface area contributed by atoms with Crippen molar-refractivity contribution in [1.82, 2.24) is 24.6 Å². The zero-order chi connectivity index (χ0) is 23.6. The van der Waals surface area contributed by atoms with Crippen molar-refractivity contribution in [2.24, 2.45) is 0 Å². The lowest BCUT2D eigenvalue weighted by atomic mass is 10.1. The van der Waals surface area contributed by atoms with Gasteiger partial charge in [-0.25, -0.2) is 9.67 Å². The monoisotopic (exact) mass is 475 g/mol. The molecule has 11 heteroatoms. The Kier molecular flexibility index (Phi) is 6.19. The van der Waals surface area contributed by atoms with Crippen LogP contribution in [0.3, 0.4) is 0 Å². The average Bonchev–Trinajstić information content (AvgIpc) is 3.20. The molecule has 1 N–H and O–H groups in total. The first-order valence-corrected chi connectivity index (χ1v) is 10.2. The molecule has 170 valence electrons. The van der Waals surface area contributed by atoms with E-state index in [-0.39, 0.29) is 24.2 Å². The summed E-state index contributed by atoms with van der Waals surface area (Å²) < 4.78 is 41.4. The second-order valence-electron chi connectivity index (χ2n) is 7.24. The van der Waals surface area contributed by atoms with Gasteiger partial charge < -0.3 is 5.32 Å². The Labute approximate surface area is 190 Å². The molecule has 4 rings (SSSR count). The number of benzene rings is 2. The number of carbonyl (C=O) groups excluding carboxylic acids is 1. The van der Waals surface area contributed by atoms with Crippen LogP contribution in [-0.4, -0.2) is 31.8 Å². The predicted molar refractivity (Wildman–Crippen MR) is 116 cm³/mol. The first kappa shape index (κ1) is 22.5. The number of hydrogen-bond acceptors (Lipinski definition) is 4. The van der Waals surface area contributed by atoms with Crippen molar-refractivity contribution < 1.29 is 18.0 Å². The van der Waals surface area contributed by atoms with Crippen molar-refractivity contribution in [3.63, 3.8) is 0 Å². The molecule has 0 bridgehead atoms. The Bertz CT molecular complexity index is 1360. The Balaban J connectivity index is 1.43. The minimum atomic E-state index is -4.53. The van der Waals surface area contributed by atoms with E-state index in [0.717, 1.165) is 17.7 Å². The Morgan fingerprint density at radius 2 is 1.88 bits per heavy atom. The number of amides is 1. The fourth-order valence-electron chi connectivity index (χ4n) is 3.27. The Hall–Kier alpha value is -3.66. The lowest BCUT2D eigenvalue weighted by Gasteiger charge is -2.10. The summed E-state index contributed by atoms with van der Waals surface area (Å²) in [5.74, 6) is -0.643. The van der Waals surface area contributed by atoms with Gasteiger partial charge in [0.05, 0.1) is 24.8 Å². The van der Waals surface area contributed by atoms with Gasteiger partial charge in [0.15, 0.2) is 5.65 Å². The number of nitrogens with zero attached hydrogens (tertiary/aromatic N) is 4. The van der Waals surface area contributed by atoms with Crippen LogP contribution in [0.1, 0.15) is 21.5 Å². The first-order valence-electron chi connectivity index (χ1n) is 9.83. The second kappa shape index (κ2) is 9.07. The van der Waals surface area contributed by atoms with Crippen molar-refractivity contribution in [2.75, 3.05) is 6.54 Å². The Morgan fingerprint density at radius 1 is 1.12 bits per heavy atom. The summed E-state index contributed by atoms with van der Waals surface area (Å²) in [6.07, 6.45) is -1.72. The number of rotatable bonds is 6. The molecule has 2 aromatic carbocycles. The largest absolute Gasteiger partial charge is 0.416 e. The molecule has 4 aromatic rings. The van der Waals surface area contributed by atoms with Gasteiger partial charge in [0.1, 0.15) is 11.7 Å². The van der Waals surface area contributed by atoms with Crippen molar-refractivity contribution in [3.05, 3.63) is 93.1 Å². The van der Waals surface area contributed by atoms with Gasteiger partial charge in [-0.3, -0.25) is 14.2 Å². The fraction of sp³-hybridized carbons (Fsp3) is 0.182. The average molecular weight is 476 g/mol. The van der Waals surface area contributed by atoms with E-state index < -0.39 is 17.6 Å². The van der Waals surface area contributed by atoms with E-state index in [9.17, 15) is 22.8 Å². The highest BCUT2D eigenvalue weighted by molar-refractivity contribution is 6.30. The molecule has 33 heavy (non-hydrogen) atoms. The van der Waals surface area contributed by atoms with E-state index in [1.165, 1.54) is 33.9 Å². The minimum absolute atomic E-state index is 0.0847. The molecular weight excluding hydrogens is 459 g/mol. The third-order valence-electron chi connectivity index (χ3n) is 4.95. The van der Waals surface area contributed by atoms with Crippen molar-refractivity contribution >= 4 is 28.5 Å². The number of carbonyl (C=O) groups is 1. The normalized spacial score (nSPS) is 11.6. The Morgan fingerprint density at radius 3 is 2.61 bits per heavy atom. The van der Waals surface area contributed by atoms with Crippen LogP contribution < -0.4 is 10.9 Å². The molecule has 2 heterocycles. The van der Waals surface area contributed by atoms with Gasteiger partial charge in [0.25, 0.3) is 11.5 Å². The van der Waals surface area contributed by atoms with Crippen molar-refractivity contribution in [1.29, 1.82) is 0 Å². The molecule has 0 aliphatic rings. The molecule has 7 nitrogen and oxygen atoms in total. The highest BCUT2D eigenvalue weighted by Crippen LogP contribution is 2.29. The van der Waals surface area contributed by atoms with E-state index in [2.05, 4.69) is 15.4 Å². The number of halogens is 4. The van der Waals surface area contributed by atoms with Crippen LogP contribution in [-0.2, 0) is 19.3 Å². The quantitative estimate of drug-likeness (QED) is 0.460. The van der Waals surface area contributed by atoms with E-state index in [1.54, 1.807) is 12.1 Å². The van der Waals surface area contributed by atoms with Gasteiger partial charge >= 0.3 is 6.18 Å². The van der Waals surface area contributed by atoms with Crippen LogP contribution in [0.25, 0.3) is 11.0 Å². The van der Waals surface area contributed by atoms with E-state index >= 15 is 0 Å². The molecule has 0 fully saturated rings. The van der Waals surface area contributed by atoms with Gasteiger partial charge in [-0.05, 0) is 35.9 Å². The molecule has 0 radical (unpaired) electrons. The maximum absolute atomic E-state index is 12.8. The summed E-state index contributed by atoms with van der Waals surface area (Å²) in [6, 6.07) is 11.3. The zero-order valence-electron chi connectivity index (χ0n) is 17.0.